The second-order valence-electron chi connectivity index (χ2n) is 3.96. The molecule has 0 spiro atoms. The van der Waals surface area contributed by atoms with Crippen molar-refractivity contribution in [1.29, 1.82) is 0 Å². The van der Waals surface area contributed by atoms with Crippen LogP contribution in [0.4, 0.5) is 0 Å². The SMILES string of the molecule is CNCc1c(Sc2nnc(SC)s2)nc2ccccn12. The maximum absolute atomic E-state index is 4.68. The Hall–Kier alpha value is -1.09. The third-order valence-corrected chi connectivity index (χ3v) is 5.65. The minimum absolute atomic E-state index is 0.766. The van der Waals surface area contributed by atoms with Crippen molar-refractivity contribution in [3.8, 4) is 0 Å². The van der Waals surface area contributed by atoms with Crippen molar-refractivity contribution in [2.24, 2.45) is 0 Å². The highest BCUT2D eigenvalue weighted by molar-refractivity contribution is 8.03. The summed E-state index contributed by atoms with van der Waals surface area (Å²) in [7, 11) is 1.94. The summed E-state index contributed by atoms with van der Waals surface area (Å²) in [5.41, 5.74) is 2.10. The first-order valence-corrected chi connectivity index (χ1v) is 8.83. The molecule has 20 heavy (non-hydrogen) atoms. The van der Waals surface area contributed by atoms with E-state index in [4.69, 9.17) is 0 Å². The number of hydrogen-bond donors (Lipinski definition) is 1. The van der Waals surface area contributed by atoms with Gasteiger partial charge < -0.3 is 9.72 Å². The average molecular weight is 323 g/mol. The molecule has 0 amide bonds. The Morgan fingerprint density at radius 3 is 2.90 bits per heavy atom. The lowest BCUT2D eigenvalue weighted by Gasteiger charge is -2.02. The summed E-state index contributed by atoms with van der Waals surface area (Å²) in [5.74, 6) is 0. The highest BCUT2D eigenvalue weighted by Gasteiger charge is 2.15. The normalized spacial score (nSPS) is 11.3. The lowest BCUT2D eigenvalue weighted by atomic mass is 10.4. The fraction of sp³-hybridized carbons (Fsp3) is 0.250. The number of fused-ring (bicyclic) bond motifs is 1. The van der Waals surface area contributed by atoms with E-state index in [1.165, 1.54) is 0 Å². The standard InChI is InChI=1S/C12H13N5S3/c1-13-7-8-10(14-9-5-3-4-6-17(8)9)19-12-16-15-11(18-2)20-12/h3-6,13H,7H2,1-2H3. The van der Waals surface area contributed by atoms with Gasteiger partial charge in [0.05, 0.1) is 5.69 Å². The molecule has 0 fully saturated rings. The van der Waals surface area contributed by atoms with Crippen LogP contribution in [-0.2, 0) is 6.54 Å². The van der Waals surface area contributed by atoms with E-state index in [0.717, 1.165) is 31.6 Å². The van der Waals surface area contributed by atoms with Gasteiger partial charge in [-0.1, -0.05) is 29.2 Å². The maximum Gasteiger partial charge on any atom is 0.181 e. The summed E-state index contributed by atoms with van der Waals surface area (Å²) in [6.45, 7) is 0.766. The van der Waals surface area contributed by atoms with Crippen LogP contribution in [0.2, 0.25) is 0 Å². The van der Waals surface area contributed by atoms with Gasteiger partial charge in [0, 0.05) is 12.7 Å². The maximum atomic E-state index is 4.68. The van der Waals surface area contributed by atoms with Gasteiger partial charge >= 0.3 is 0 Å². The molecule has 0 aliphatic heterocycles. The molecule has 0 bridgehead atoms. The van der Waals surface area contributed by atoms with Crippen LogP contribution in [0.3, 0.4) is 0 Å². The molecule has 5 nitrogen and oxygen atoms in total. The predicted molar refractivity (Wildman–Crippen MR) is 83.8 cm³/mol. The summed E-state index contributed by atoms with van der Waals surface area (Å²) < 4.78 is 4.01. The first-order chi connectivity index (χ1) is 9.81. The van der Waals surface area contributed by atoms with Gasteiger partial charge in [0.1, 0.15) is 10.7 Å². The van der Waals surface area contributed by atoms with Gasteiger partial charge in [0.25, 0.3) is 0 Å². The van der Waals surface area contributed by atoms with Crippen LogP contribution in [0.5, 0.6) is 0 Å². The number of hydrogen-bond acceptors (Lipinski definition) is 7. The molecular weight excluding hydrogens is 310 g/mol. The van der Waals surface area contributed by atoms with Crippen molar-refractivity contribution in [1.82, 2.24) is 24.9 Å². The quantitative estimate of drug-likeness (QED) is 0.729. The van der Waals surface area contributed by atoms with Gasteiger partial charge in [0.15, 0.2) is 8.68 Å². The lowest BCUT2D eigenvalue weighted by Crippen LogP contribution is -2.08. The molecule has 0 aliphatic rings. The van der Waals surface area contributed by atoms with Crippen LogP contribution in [0.15, 0.2) is 38.1 Å². The number of rotatable bonds is 5. The van der Waals surface area contributed by atoms with Gasteiger partial charge in [-0.3, -0.25) is 0 Å². The molecule has 8 heteroatoms. The molecular formula is C12H13N5S3. The van der Waals surface area contributed by atoms with Crippen molar-refractivity contribution in [3.05, 3.63) is 30.1 Å². The molecule has 3 heterocycles. The fourth-order valence-corrected chi connectivity index (χ4v) is 4.32. The number of nitrogens with one attached hydrogen (secondary N) is 1. The van der Waals surface area contributed by atoms with Gasteiger partial charge in [-0.15, -0.1) is 10.2 Å². The van der Waals surface area contributed by atoms with E-state index in [0.29, 0.717) is 0 Å². The number of imidazole rings is 1. The Balaban J connectivity index is 1.99. The third kappa shape index (κ3) is 2.69. The Kier molecular flexibility index (Phi) is 4.25. The minimum atomic E-state index is 0.766. The predicted octanol–water partition coefficient (Wildman–Crippen LogP) is 2.78. The van der Waals surface area contributed by atoms with Crippen molar-refractivity contribution in [2.75, 3.05) is 13.3 Å². The first-order valence-electron chi connectivity index (χ1n) is 5.97. The lowest BCUT2D eigenvalue weighted by molar-refractivity contribution is 0.764. The van der Waals surface area contributed by atoms with Crippen LogP contribution in [0.25, 0.3) is 5.65 Å². The number of aromatic nitrogens is 4. The van der Waals surface area contributed by atoms with Crippen LogP contribution >= 0.6 is 34.9 Å². The molecule has 3 aromatic rings. The second kappa shape index (κ2) is 6.13. The van der Waals surface area contributed by atoms with Crippen LogP contribution in [0.1, 0.15) is 5.69 Å². The molecule has 0 aliphatic carbocycles. The van der Waals surface area contributed by atoms with Crippen molar-refractivity contribution in [2.45, 2.75) is 20.3 Å². The Bertz CT molecular complexity index is 721. The molecule has 3 aromatic heterocycles. The zero-order valence-corrected chi connectivity index (χ0v) is 13.5. The first kappa shape index (κ1) is 13.9. The highest BCUT2D eigenvalue weighted by Crippen LogP contribution is 2.34. The molecule has 104 valence electrons. The zero-order valence-electron chi connectivity index (χ0n) is 11.0. The number of thioether (sulfide) groups is 1. The molecule has 0 aromatic carbocycles. The third-order valence-electron chi connectivity index (χ3n) is 2.68. The van der Waals surface area contributed by atoms with Gasteiger partial charge in [-0.2, -0.15) is 0 Å². The van der Waals surface area contributed by atoms with E-state index in [1.807, 2.05) is 37.7 Å². The molecule has 0 atom stereocenters. The Morgan fingerprint density at radius 2 is 2.15 bits per heavy atom. The molecule has 0 unspecified atom stereocenters. The molecule has 1 N–H and O–H groups in total. The zero-order chi connectivity index (χ0) is 13.9. The van der Waals surface area contributed by atoms with Gasteiger partial charge in [-0.05, 0) is 37.2 Å². The summed E-state index contributed by atoms with van der Waals surface area (Å²) in [6, 6.07) is 6.02. The largest absolute Gasteiger partial charge is 0.314 e. The number of nitrogens with zero attached hydrogens (tertiary/aromatic N) is 4. The minimum Gasteiger partial charge on any atom is -0.314 e. The summed E-state index contributed by atoms with van der Waals surface area (Å²) in [6.07, 6.45) is 4.04. The van der Waals surface area contributed by atoms with Crippen LogP contribution < -0.4 is 5.32 Å². The van der Waals surface area contributed by atoms with E-state index in [-0.39, 0.29) is 0 Å². The molecule has 3 rings (SSSR count). The second-order valence-corrected chi connectivity index (χ2v) is 7.23. The van der Waals surface area contributed by atoms with E-state index in [2.05, 4.69) is 24.9 Å². The Labute approximate surface area is 129 Å². The number of pyridine rings is 1. The Morgan fingerprint density at radius 1 is 1.30 bits per heavy atom. The fourth-order valence-electron chi connectivity index (χ4n) is 1.84. The average Bonchev–Trinajstić information content (AvgIpc) is 3.05. The summed E-state index contributed by atoms with van der Waals surface area (Å²) in [4.78, 5) is 4.68. The highest BCUT2D eigenvalue weighted by atomic mass is 32.2. The summed E-state index contributed by atoms with van der Waals surface area (Å²) >= 11 is 4.79. The van der Waals surface area contributed by atoms with E-state index in [1.54, 1.807) is 34.9 Å². The van der Waals surface area contributed by atoms with Gasteiger partial charge in [-0.25, -0.2) is 4.98 Å². The van der Waals surface area contributed by atoms with E-state index >= 15 is 0 Å². The van der Waals surface area contributed by atoms with E-state index < -0.39 is 0 Å². The molecule has 0 saturated carbocycles. The van der Waals surface area contributed by atoms with Crippen molar-refractivity contribution >= 4 is 40.5 Å². The van der Waals surface area contributed by atoms with E-state index in [9.17, 15) is 0 Å². The summed E-state index contributed by atoms with van der Waals surface area (Å²) in [5, 5.41) is 12.5. The monoisotopic (exact) mass is 323 g/mol. The van der Waals surface area contributed by atoms with Crippen LogP contribution in [0, 0.1) is 0 Å². The molecule has 0 radical (unpaired) electrons. The van der Waals surface area contributed by atoms with Crippen LogP contribution in [-0.4, -0.2) is 32.9 Å². The van der Waals surface area contributed by atoms with Crippen molar-refractivity contribution in [3.63, 3.8) is 0 Å². The van der Waals surface area contributed by atoms with Gasteiger partial charge in [0.2, 0.25) is 0 Å². The molecule has 0 saturated heterocycles. The topological polar surface area (TPSA) is 55.1 Å². The van der Waals surface area contributed by atoms with Crippen molar-refractivity contribution < 1.29 is 0 Å². The smallest absolute Gasteiger partial charge is 0.181 e.